The van der Waals surface area contributed by atoms with E-state index in [2.05, 4.69) is 61.0 Å². The number of aryl methyl sites for hydroxylation is 3. The summed E-state index contributed by atoms with van der Waals surface area (Å²) in [6.45, 7) is 10.5. The number of nitrogens with zero attached hydrogens (tertiary/aromatic N) is 2. The maximum Gasteiger partial charge on any atom is 0.0625 e. The highest BCUT2D eigenvalue weighted by Gasteiger charge is 2.10. The van der Waals surface area contributed by atoms with Crippen LogP contribution in [0.1, 0.15) is 48.0 Å². The van der Waals surface area contributed by atoms with Crippen molar-refractivity contribution in [1.29, 1.82) is 0 Å². The summed E-state index contributed by atoms with van der Waals surface area (Å²) in [4.78, 5) is 2.77. The van der Waals surface area contributed by atoms with E-state index in [1.54, 1.807) is 0 Å². The molecule has 1 unspecified atom stereocenters. The molecule has 0 bridgehead atoms. The van der Waals surface area contributed by atoms with Gasteiger partial charge in [-0.3, -0.25) is 4.68 Å². The molecule has 1 N–H and O–H groups in total. The van der Waals surface area contributed by atoms with Gasteiger partial charge in [-0.2, -0.15) is 5.10 Å². The number of rotatable bonds is 6. The largest absolute Gasteiger partial charge is 0.304 e. The molecule has 0 aliphatic rings. The van der Waals surface area contributed by atoms with Gasteiger partial charge in [-0.25, -0.2) is 0 Å². The van der Waals surface area contributed by atoms with Gasteiger partial charge in [0.15, 0.2) is 0 Å². The van der Waals surface area contributed by atoms with E-state index >= 15 is 0 Å². The molecule has 0 aliphatic heterocycles. The van der Waals surface area contributed by atoms with Crippen molar-refractivity contribution in [2.24, 2.45) is 0 Å². The Balaban J connectivity index is 2.00. The van der Waals surface area contributed by atoms with Crippen LogP contribution in [0.15, 0.2) is 18.2 Å². The van der Waals surface area contributed by atoms with Crippen molar-refractivity contribution in [2.45, 2.75) is 53.2 Å². The highest BCUT2D eigenvalue weighted by Crippen LogP contribution is 2.22. The van der Waals surface area contributed by atoms with E-state index in [0.29, 0.717) is 6.04 Å². The maximum absolute atomic E-state index is 4.58. The predicted octanol–water partition coefficient (Wildman–Crippen LogP) is 3.69. The summed E-state index contributed by atoms with van der Waals surface area (Å²) in [6, 6.07) is 7.00. The minimum absolute atomic E-state index is 0.393. The Morgan fingerprint density at radius 2 is 2.16 bits per heavy atom. The molecule has 0 spiro atoms. The zero-order valence-electron chi connectivity index (χ0n) is 12.2. The first-order chi connectivity index (χ1) is 9.13. The quantitative estimate of drug-likeness (QED) is 0.873. The first-order valence-corrected chi connectivity index (χ1v) is 7.81. The molecule has 0 saturated carbocycles. The first-order valence-electron chi connectivity index (χ1n) is 6.99. The molecule has 4 heteroatoms. The minimum Gasteiger partial charge on any atom is -0.304 e. The molecule has 0 aliphatic carbocycles. The third-order valence-electron chi connectivity index (χ3n) is 3.35. The maximum atomic E-state index is 4.58. The van der Waals surface area contributed by atoms with Crippen LogP contribution in [-0.4, -0.2) is 9.78 Å². The lowest BCUT2D eigenvalue weighted by molar-refractivity contribution is 0.535. The zero-order chi connectivity index (χ0) is 13.8. The highest BCUT2D eigenvalue weighted by atomic mass is 32.1. The van der Waals surface area contributed by atoms with Gasteiger partial charge in [-0.1, -0.05) is 6.92 Å². The molecule has 2 rings (SSSR count). The van der Waals surface area contributed by atoms with Crippen LogP contribution in [0.25, 0.3) is 0 Å². The monoisotopic (exact) mass is 277 g/mol. The van der Waals surface area contributed by atoms with Crippen LogP contribution in [-0.2, 0) is 19.5 Å². The second-order valence-corrected chi connectivity index (χ2v) is 6.17. The lowest BCUT2D eigenvalue weighted by atomic mass is 10.2. The Morgan fingerprint density at radius 1 is 1.37 bits per heavy atom. The molecule has 0 amide bonds. The molecule has 2 aromatic rings. The number of hydrogen-bond acceptors (Lipinski definition) is 3. The number of thiophene rings is 1. The van der Waals surface area contributed by atoms with Crippen molar-refractivity contribution in [1.82, 2.24) is 15.1 Å². The van der Waals surface area contributed by atoms with Gasteiger partial charge in [-0.05, 0) is 45.4 Å². The van der Waals surface area contributed by atoms with Crippen LogP contribution >= 0.6 is 11.3 Å². The molecule has 2 heterocycles. The smallest absolute Gasteiger partial charge is 0.0625 e. The summed E-state index contributed by atoms with van der Waals surface area (Å²) in [5, 5.41) is 8.17. The molecule has 1 atom stereocenters. The van der Waals surface area contributed by atoms with Gasteiger partial charge in [0.2, 0.25) is 0 Å². The van der Waals surface area contributed by atoms with Crippen LogP contribution < -0.4 is 5.32 Å². The first kappa shape index (κ1) is 14.3. The fourth-order valence-corrected chi connectivity index (χ4v) is 3.05. The van der Waals surface area contributed by atoms with Gasteiger partial charge in [0.1, 0.15) is 0 Å². The second-order valence-electron chi connectivity index (χ2n) is 4.85. The van der Waals surface area contributed by atoms with Crippen molar-refractivity contribution in [3.8, 4) is 0 Å². The lowest BCUT2D eigenvalue weighted by Crippen LogP contribution is -2.19. The number of hydrogen-bond donors (Lipinski definition) is 1. The summed E-state index contributed by atoms with van der Waals surface area (Å²) in [5.41, 5.74) is 2.46. The lowest BCUT2D eigenvalue weighted by Gasteiger charge is -2.12. The van der Waals surface area contributed by atoms with Gasteiger partial charge >= 0.3 is 0 Å². The van der Waals surface area contributed by atoms with E-state index in [4.69, 9.17) is 0 Å². The van der Waals surface area contributed by atoms with Gasteiger partial charge in [0.25, 0.3) is 0 Å². The summed E-state index contributed by atoms with van der Waals surface area (Å²) >= 11 is 1.87. The summed E-state index contributed by atoms with van der Waals surface area (Å²) in [5.74, 6) is 0. The predicted molar refractivity (Wildman–Crippen MR) is 81.6 cm³/mol. The van der Waals surface area contributed by atoms with Crippen LogP contribution in [0, 0.1) is 6.92 Å². The van der Waals surface area contributed by atoms with Crippen molar-refractivity contribution in [2.75, 3.05) is 0 Å². The van der Waals surface area contributed by atoms with Gasteiger partial charge in [-0.15, -0.1) is 11.3 Å². The number of aromatic nitrogens is 2. The number of nitrogens with one attached hydrogen (secondary N) is 1. The topological polar surface area (TPSA) is 29.9 Å². The average Bonchev–Trinajstić information content (AvgIpc) is 3.01. The van der Waals surface area contributed by atoms with E-state index in [1.165, 1.54) is 21.1 Å². The van der Waals surface area contributed by atoms with Gasteiger partial charge in [0, 0.05) is 28.9 Å². The summed E-state index contributed by atoms with van der Waals surface area (Å²) in [6.07, 6.45) is 1.000. The van der Waals surface area contributed by atoms with E-state index in [9.17, 15) is 0 Å². The fourth-order valence-electron chi connectivity index (χ4n) is 2.15. The molecule has 104 valence electrons. The molecule has 0 aromatic carbocycles. The molecule has 0 radical (unpaired) electrons. The minimum atomic E-state index is 0.393. The molecular weight excluding hydrogens is 254 g/mol. The van der Waals surface area contributed by atoms with Crippen molar-refractivity contribution >= 4 is 11.3 Å². The molecule has 3 nitrogen and oxygen atoms in total. The third kappa shape index (κ3) is 3.45. The standard InChI is InChI=1S/C15H23N3S/c1-5-13-9-14(18(6-2)17-13)10-16-12(4)15-8-7-11(3)19-15/h7-9,12,16H,5-6,10H2,1-4H3. The van der Waals surface area contributed by atoms with Crippen LogP contribution in [0.4, 0.5) is 0 Å². The van der Waals surface area contributed by atoms with Crippen molar-refractivity contribution in [3.63, 3.8) is 0 Å². The van der Waals surface area contributed by atoms with Gasteiger partial charge in [0.05, 0.1) is 11.4 Å². The molecule has 2 aromatic heterocycles. The van der Waals surface area contributed by atoms with Crippen LogP contribution in [0.2, 0.25) is 0 Å². The van der Waals surface area contributed by atoms with E-state index in [-0.39, 0.29) is 0 Å². The van der Waals surface area contributed by atoms with E-state index in [0.717, 1.165) is 19.5 Å². The van der Waals surface area contributed by atoms with Crippen molar-refractivity contribution in [3.05, 3.63) is 39.3 Å². The molecule has 0 fully saturated rings. The molecule has 0 saturated heterocycles. The fraction of sp³-hybridized carbons (Fsp3) is 0.533. The average molecular weight is 277 g/mol. The molecular formula is C15H23N3S. The van der Waals surface area contributed by atoms with E-state index in [1.807, 2.05) is 11.3 Å². The van der Waals surface area contributed by atoms with Gasteiger partial charge < -0.3 is 5.32 Å². The summed E-state index contributed by atoms with van der Waals surface area (Å²) < 4.78 is 2.10. The SMILES string of the molecule is CCc1cc(CNC(C)c2ccc(C)s2)n(CC)n1. The zero-order valence-corrected chi connectivity index (χ0v) is 13.0. The third-order valence-corrected chi connectivity index (χ3v) is 4.54. The Hall–Kier alpha value is -1.13. The highest BCUT2D eigenvalue weighted by molar-refractivity contribution is 7.12. The summed E-state index contributed by atoms with van der Waals surface area (Å²) in [7, 11) is 0. The Morgan fingerprint density at radius 3 is 2.74 bits per heavy atom. The van der Waals surface area contributed by atoms with E-state index < -0.39 is 0 Å². The normalized spacial score (nSPS) is 12.8. The second kappa shape index (κ2) is 6.35. The van der Waals surface area contributed by atoms with Crippen LogP contribution in [0.5, 0.6) is 0 Å². The Kier molecular flexibility index (Phi) is 4.77. The Labute approximate surface area is 119 Å². The Bertz CT molecular complexity index is 527. The van der Waals surface area contributed by atoms with Crippen molar-refractivity contribution < 1.29 is 0 Å². The van der Waals surface area contributed by atoms with Crippen LogP contribution in [0.3, 0.4) is 0 Å². The molecule has 19 heavy (non-hydrogen) atoms.